The van der Waals surface area contributed by atoms with Gasteiger partial charge in [-0.2, -0.15) is 4.98 Å². The number of carbonyl (C=O) groups is 3. The summed E-state index contributed by atoms with van der Waals surface area (Å²) in [6, 6.07) is 6.96. The number of aryl methyl sites for hydroxylation is 2. The van der Waals surface area contributed by atoms with Gasteiger partial charge in [-0.25, -0.2) is 4.79 Å². The van der Waals surface area contributed by atoms with Crippen molar-refractivity contribution in [3.05, 3.63) is 35.7 Å². The average Bonchev–Trinajstić information content (AvgIpc) is 3.07. The summed E-state index contributed by atoms with van der Waals surface area (Å²) < 4.78 is 9.85. The smallest absolute Gasteiger partial charge is 0.321 e. The molecule has 9 nitrogen and oxygen atoms in total. The first-order valence-corrected chi connectivity index (χ1v) is 7.54. The number of carbonyl (C=O) groups excluding carboxylic acids is 3. The number of rotatable bonds is 6. The Bertz CT molecular complexity index is 754. The first-order chi connectivity index (χ1) is 12.0. The number of nitrogens with zero attached hydrogens (tertiary/aromatic N) is 2. The summed E-state index contributed by atoms with van der Waals surface area (Å²) in [5, 5.41) is 8.05. The summed E-state index contributed by atoms with van der Waals surface area (Å²) in [5.74, 6) is -0.593. The zero-order chi connectivity index (χ0) is 18.2. The summed E-state index contributed by atoms with van der Waals surface area (Å²) in [6.45, 7) is 1.44. The van der Waals surface area contributed by atoms with Crippen LogP contribution in [0.25, 0.3) is 11.4 Å². The maximum atomic E-state index is 11.6. The van der Waals surface area contributed by atoms with Gasteiger partial charge in [0, 0.05) is 19.0 Å². The van der Waals surface area contributed by atoms with Crippen molar-refractivity contribution in [1.82, 2.24) is 20.8 Å². The Balaban J connectivity index is 1.78. The minimum atomic E-state index is -0.716. The van der Waals surface area contributed by atoms with E-state index in [1.165, 1.54) is 7.05 Å². The molecule has 0 aliphatic carbocycles. The first kappa shape index (κ1) is 18.1. The molecule has 9 heteroatoms. The third-order valence-electron chi connectivity index (χ3n) is 3.17. The highest BCUT2D eigenvalue weighted by molar-refractivity contribution is 5.95. The molecule has 0 radical (unpaired) electrons. The molecule has 0 fully saturated rings. The van der Waals surface area contributed by atoms with E-state index >= 15 is 0 Å². The summed E-state index contributed by atoms with van der Waals surface area (Å²) in [5.41, 5.74) is 1.93. The van der Waals surface area contributed by atoms with Gasteiger partial charge in [0.2, 0.25) is 11.7 Å². The van der Waals surface area contributed by atoms with Crippen molar-refractivity contribution in [1.29, 1.82) is 0 Å². The molecule has 132 valence electrons. The molecule has 0 bridgehead atoms. The summed E-state index contributed by atoms with van der Waals surface area (Å²) in [4.78, 5) is 38.0. The minimum Gasteiger partial charge on any atom is -0.456 e. The van der Waals surface area contributed by atoms with Crippen LogP contribution in [0, 0.1) is 6.92 Å². The lowest BCUT2D eigenvalue weighted by atomic mass is 10.1. The third-order valence-corrected chi connectivity index (χ3v) is 3.17. The Labute approximate surface area is 143 Å². The van der Waals surface area contributed by atoms with Gasteiger partial charge in [0.15, 0.2) is 6.61 Å². The summed E-state index contributed by atoms with van der Waals surface area (Å²) in [7, 11) is 1.36. The number of imide groups is 1. The zero-order valence-corrected chi connectivity index (χ0v) is 13.9. The lowest BCUT2D eigenvalue weighted by molar-refractivity contribution is -0.148. The quantitative estimate of drug-likeness (QED) is 0.747. The molecule has 25 heavy (non-hydrogen) atoms. The van der Waals surface area contributed by atoms with Crippen LogP contribution < -0.4 is 10.6 Å². The van der Waals surface area contributed by atoms with E-state index in [-0.39, 0.29) is 12.8 Å². The number of esters is 1. The molecule has 2 N–H and O–H groups in total. The molecular formula is C16H18N4O5. The number of ether oxygens (including phenoxy) is 1. The third kappa shape index (κ3) is 5.72. The van der Waals surface area contributed by atoms with Crippen LogP contribution in [0.5, 0.6) is 0 Å². The van der Waals surface area contributed by atoms with Crippen LogP contribution in [0.4, 0.5) is 4.79 Å². The van der Waals surface area contributed by atoms with E-state index in [2.05, 4.69) is 15.5 Å². The number of urea groups is 1. The maximum Gasteiger partial charge on any atom is 0.321 e. The lowest BCUT2D eigenvalue weighted by Crippen LogP contribution is -2.39. The van der Waals surface area contributed by atoms with Crippen molar-refractivity contribution < 1.29 is 23.6 Å². The molecule has 0 saturated heterocycles. The van der Waals surface area contributed by atoms with Crippen LogP contribution >= 0.6 is 0 Å². The second-order valence-corrected chi connectivity index (χ2v) is 5.17. The predicted octanol–water partition coefficient (Wildman–Crippen LogP) is 0.976. The van der Waals surface area contributed by atoms with Crippen LogP contribution in [-0.4, -0.2) is 41.7 Å². The van der Waals surface area contributed by atoms with Crippen molar-refractivity contribution in [2.45, 2.75) is 19.8 Å². The molecule has 1 aromatic carbocycles. The lowest BCUT2D eigenvalue weighted by Gasteiger charge is -2.04. The highest BCUT2D eigenvalue weighted by atomic mass is 16.5. The minimum absolute atomic E-state index is 0.0250. The average molecular weight is 346 g/mol. The summed E-state index contributed by atoms with van der Waals surface area (Å²) >= 11 is 0. The Kier molecular flexibility index (Phi) is 6.21. The first-order valence-electron chi connectivity index (χ1n) is 7.54. The topological polar surface area (TPSA) is 123 Å². The number of aromatic nitrogens is 2. The van der Waals surface area contributed by atoms with Gasteiger partial charge in [0.25, 0.3) is 5.91 Å². The van der Waals surface area contributed by atoms with E-state index in [4.69, 9.17) is 9.26 Å². The van der Waals surface area contributed by atoms with Crippen molar-refractivity contribution in [2.75, 3.05) is 13.7 Å². The molecular weight excluding hydrogens is 328 g/mol. The zero-order valence-electron chi connectivity index (χ0n) is 13.9. The Morgan fingerprint density at radius 3 is 2.60 bits per heavy atom. The second-order valence-electron chi connectivity index (χ2n) is 5.17. The fourth-order valence-corrected chi connectivity index (χ4v) is 1.83. The standard InChI is InChI=1S/C16H18N4O5/c1-10-3-5-11(6-4-10)15-19-13(25-20-15)7-8-14(22)24-9-12(21)18-16(23)17-2/h3-6H,7-9H2,1-2H3,(H2,17,18,21,23). The normalized spacial score (nSPS) is 10.2. The van der Waals surface area contributed by atoms with Crippen LogP contribution in [0.3, 0.4) is 0 Å². The molecule has 0 saturated carbocycles. The fourth-order valence-electron chi connectivity index (χ4n) is 1.83. The molecule has 0 aliphatic rings. The molecule has 1 heterocycles. The molecule has 1 aromatic heterocycles. The number of nitrogens with one attached hydrogen (secondary N) is 2. The van der Waals surface area contributed by atoms with Gasteiger partial charge in [-0.15, -0.1) is 0 Å². The van der Waals surface area contributed by atoms with E-state index < -0.39 is 24.5 Å². The van der Waals surface area contributed by atoms with Crippen molar-refractivity contribution in [3.8, 4) is 11.4 Å². The van der Waals surface area contributed by atoms with E-state index in [1.807, 2.05) is 36.5 Å². The van der Waals surface area contributed by atoms with Gasteiger partial charge in [-0.05, 0) is 6.92 Å². The van der Waals surface area contributed by atoms with E-state index in [0.29, 0.717) is 11.7 Å². The number of amides is 3. The number of benzene rings is 1. The number of hydrogen-bond donors (Lipinski definition) is 2. The molecule has 0 unspecified atom stereocenters. The monoisotopic (exact) mass is 346 g/mol. The highest BCUT2D eigenvalue weighted by Gasteiger charge is 2.13. The van der Waals surface area contributed by atoms with Gasteiger partial charge in [-0.1, -0.05) is 35.0 Å². The van der Waals surface area contributed by atoms with Gasteiger partial charge in [0.05, 0.1) is 6.42 Å². The van der Waals surface area contributed by atoms with Crippen LogP contribution in [0.2, 0.25) is 0 Å². The van der Waals surface area contributed by atoms with Crippen LogP contribution in [-0.2, 0) is 20.7 Å². The van der Waals surface area contributed by atoms with Crippen molar-refractivity contribution >= 4 is 17.9 Å². The van der Waals surface area contributed by atoms with Crippen LogP contribution in [0.1, 0.15) is 17.9 Å². The van der Waals surface area contributed by atoms with Crippen LogP contribution in [0.15, 0.2) is 28.8 Å². The molecule has 2 rings (SSSR count). The Morgan fingerprint density at radius 1 is 1.20 bits per heavy atom. The maximum absolute atomic E-state index is 11.6. The molecule has 0 atom stereocenters. The van der Waals surface area contributed by atoms with Gasteiger partial charge >= 0.3 is 12.0 Å². The second kappa shape index (κ2) is 8.57. The predicted molar refractivity (Wildman–Crippen MR) is 86.3 cm³/mol. The van der Waals surface area contributed by atoms with Gasteiger partial charge < -0.3 is 14.6 Å². The summed E-state index contributed by atoms with van der Waals surface area (Å²) in [6.07, 6.45) is 0.164. The fraction of sp³-hybridized carbons (Fsp3) is 0.312. The largest absolute Gasteiger partial charge is 0.456 e. The van der Waals surface area contributed by atoms with E-state index in [9.17, 15) is 14.4 Å². The molecule has 0 aliphatic heterocycles. The molecule has 2 aromatic rings. The Hall–Kier alpha value is -3.23. The van der Waals surface area contributed by atoms with Crippen molar-refractivity contribution in [2.24, 2.45) is 0 Å². The number of hydrogen-bond acceptors (Lipinski definition) is 7. The van der Waals surface area contributed by atoms with Gasteiger partial charge in [-0.3, -0.25) is 14.9 Å². The SMILES string of the molecule is CNC(=O)NC(=O)COC(=O)CCc1nc(-c2ccc(C)cc2)no1. The van der Waals surface area contributed by atoms with E-state index in [1.54, 1.807) is 0 Å². The highest BCUT2D eigenvalue weighted by Crippen LogP contribution is 2.16. The molecule has 0 spiro atoms. The Morgan fingerprint density at radius 2 is 1.92 bits per heavy atom. The molecule has 3 amide bonds. The van der Waals surface area contributed by atoms with Gasteiger partial charge in [0.1, 0.15) is 0 Å². The van der Waals surface area contributed by atoms with E-state index in [0.717, 1.165) is 11.1 Å². The van der Waals surface area contributed by atoms with Crippen molar-refractivity contribution in [3.63, 3.8) is 0 Å².